The number of esters is 1. The number of rotatable bonds is 37. The van der Waals surface area contributed by atoms with Crippen molar-refractivity contribution in [1.82, 2.24) is 0 Å². The summed E-state index contributed by atoms with van der Waals surface area (Å²) in [7, 11) is 0. The molecule has 0 aromatic rings. The van der Waals surface area contributed by atoms with Crippen molar-refractivity contribution >= 4 is 5.97 Å². The van der Waals surface area contributed by atoms with E-state index in [2.05, 4.69) is 13.8 Å². The molecule has 0 spiro atoms. The number of hydrogen-bond acceptors (Lipinski definition) is 4. The Kier molecular flexibility index (Phi) is 37.0. The molecule has 0 heterocycles. The molecule has 0 bridgehead atoms. The Morgan fingerprint density at radius 3 is 1.09 bits per heavy atom. The van der Waals surface area contributed by atoms with Gasteiger partial charge in [-0.15, -0.1) is 0 Å². The third-order valence-corrected chi connectivity index (χ3v) is 8.87. The van der Waals surface area contributed by atoms with Crippen LogP contribution in [-0.4, -0.2) is 37.0 Å². The van der Waals surface area contributed by atoms with Gasteiger partial charge in [0.15, 0.2) is 0 Å². The van der Waals surface area contributed by atoms with Gasteiger partial charge in [0, 0.05) is 13.0 Å². The molecule has 0 radical (unpaired) electrons. The summed E-state index contributed by atoms with van der Waals surface area (Å²) in [5.41, 5.74) is 0. The quantitative estimate of drug-likeness (QED) is 0.0561. The van der Waals surface area contributed by atoms with Gasteiger partial charge in [0.25, 0.3) is 0 Å². The maximum Gasteiger partial charge on any atom is 0.305 e. The molecule has 0 amide bonds. The van der Waals surface area contributed by atoms with Crippen LogP contribution in [0, 0.1) is 0 Å². The van der Waals surface area contributed by atoms with E-state index < -0.39 is 6.10 Å². The molecule has 1 N–H and O–H groups in total. The maximum absolute atomic E-state index is 11.9. The van der Waals surface area contributed by atoms with Crippen molar-refractivity contribution in [2.45, 2.75) is 225 Å². The first-order valence-electron chi connectivity index (χ1n) is 19.6. The number of ether oxygens (including phenoxy) is 2. The van der Waals surface area contributed by atoms with E-state index in [1.807, 2.05) is 0 Å². The highest BCUT2D eigenvalue weighted by Gasteiger charge is 2.09. The Bertz CT molecular complexity index is 523. The molecule has 0 saturated heterocycles. The summed E-state index contributed by atoms with van der Waals surface area (Å²) in [5.74, 6) is -0.189. The van der Waals surface area contributed by atoms with Gasteiger partial charge < -0.3 is 14.6 Å². The van der Waals surface area contributed by atoms with E-state index in [1.165, 1.54) is 180 Å². The zero-order chi connectivity index (χ0) is 31.3. The molecular weight excluding hydrogens is 532 g/mol. The molecule has 0 aliphatic heterocycles. The zero-order valence-corrected chi connectivity index (χ0v) is 29.5. The van der Waals surface area contributed by atoms with Gasteiger partial charge in [-0.25, -0.2) is 0 Å². The minimum atomic E-state index is -0.717. The predicted octanol–water partition coefficient (Wildman–Crippen LogP) is 12.4. The lowest BCUT2D eigenvalue weighted by Crippen LogP contribution is -2.24. The number of hydrogen-bond donors (Lipinski definition) is 1. The molecule has 1 atom stereocenters. The van der Waals surface area contributed by atoms with Gasteiger partial charge in [-0.05, 0) is 12.8 Å². The molecular formula is C39H78O4. The average molecular weight is 611 g/mol. The maximum atomic E-state index is 11.9. The van der Waals surface area contributed by atoms with Crippen LogP contribution in [0.25, 0.3) is 0 Å². The summed E-state index contributed by atoms with van der Waals surface area (Å²) in [6.07, 6.45) is 41.3. The highest BCUT2D eigenvalue weighted by Crippen LogP contribution is 2.15. The fraction of sp³-hybridized carbons (Fsp3) is 0.974. The lowest BCUT2D eigenvalue weighted by molar-refractivity contribution is -0.147. The predicted molar refractivity (Wildman–Crippen MR) is 187 cm³/mol. The van der Waals surface area contributed by atoms with Crippen molar-refractivity contribution in [1.29, 1.82) is 0 Å². The molecule has 0 aromatic heterocycles. The zero-order valence-electron chi connectivity index (χ0n) is 29.5. The Labute approximate surface area is 270 Å². The second kappa shape index (κ2) is 37.6. The minimum absolute atomic E-state index is 0.0520. The van der Waals surface area contributed by atoms with Crippen molar-refractivity contribution < 1.29 is 19.4 Å². The van der Waals surface area contributed by atoms with Crippen molar-refractivity contribution in [2.24, 2.45) is 0 Å². The third-order valence-electron chi connectivity index (χ3n) is 8.87. The van der Waals surface area contributed by atoms with Crippen LogP contribution in [0.2, 0.25) is 0 Å². The molecule has 0 aliphatic rings. The minimum Gasteiger partial charge on any atom is -0.463 e. The van der Waals surface area contributed by atoms with E-state index in [0.717, 1.165) is 19.3 Å². The van der Waals surface area contributed by atoms with E-state index in [4.69, 9.17) is 9.47 Å². The van der Waals surface area contributed by atoms with Gasteiger partial charge in [-0.1, -0.05) is 200 Å². The summed E-state index contributed by atoms with van der Waals surface area (Å²) in [6, 6.07) is 0. The monoisotopic (exact) mass is 611 g/mol. The van der Waals surface area contributed by atoms with Crippen LogP contribution in [-0.2, 0) is 14.3 Å². The van der Waals surface area contributed by atoms with Gasteiger partial charge in [0.1, 0.15) is 12.7 Å². The van der Waals surface area contributed by atoms with E-state index in [9.17, 15) is 9.90 Å². The van der Waals surface area contributed by atoms with Gasteiger partial charge in [-0.2, -0.15) is 0 Å². The summed E-state index contributed by atoms with van der Waals surface area (Å²) in [5, 5.41) is 10.0. The van der Waals surface area contributed by atoms with Crippen LogP contribution < -0.4 is 0 Å². The Balaban J connectivity index is 3.24. The third kappa shape index (κ3) is 37.5. The van der Waals surface area contributed by atoms with E-state index in [-0.39, 0.29) is 19.2 Å². The Hall–Kier alpha value is -0.610. The van der Waals surface area contributed by atoms with Crippen molar-refractivity contribution in [3.63, 3.8) is 0 Å². The lowest BCUT2D eigenvalue weighted by Gasteiger charge is -2.12. The van der Waals surface area contributed by atoms with E-state index in [0.29, 0.717) is 13.0 Å². The molecule has 4 nitrogen and oxygen atoms in total. The number of carbonyl (C=O) groups is 1. The molecule has 0 rings (SSSR count). The number of aliphatic hydroxyl groups excluding tert-OH is 1. The number of carbonyl (C=O) groups excluding carboxylic acids is 1. The summed E-state index contributed by atoms with van der Waals surface area (Å²) in [6.45, 7) is 5.55. The molecule has 258 valence electrons. The summed E-state index contributed by atoms with van der Waals surface area (Å²) < 4.78 is 10.8. The van der Waals surface area contributed by atoms with Crippen LogP contribution in [0.4, 0.5) is 0 Å². The lowest BCUT2D eigenvalue weighted by atomic mass is 10.0. The molecule has 0 saturated carbocycles. The first-order chi connectivity index (χ1) is 21.2. The van der Waals surface area contributed by atoms with Crippen LogP contribution >= 0.6 is 0 Å². The second-order valence-electron chi connectivity index (χ2n) is 13.4. The molecule has 0 aromatic carbocycles. The standard InChI is InChI=1S/C39H78O4/c1-3-5-7-9-11-13-15-17-18-19-20-21-23-25-27-29-31-33-35-42-36-38(40)37-43-39(41)34-32-30-28-26-24-22-16-14-12-10-8-6-4-2/h38,40H,3-37H2,1-2H3. The molecule has 1 unspecified atom stereocenters. The fourth-order valence-electron chi connectivity index (χ4n) is 5.92. The average Bonchev–Trinajstić information content (AvgIpc) is 3.01. The van der Waals surface area contributed by atoms with Gasteiger partial charge in [0.2, 0.25) is 0 Å². The van der Waals surface area contributed by atoms with E-state index in [1.54, 1.807) is 0 Å². The smallest absolute Gasteiger partial charge is 0.305 e. The summed E-state index contributed by atoms with van der Waals surface area (Å²) in [4.78, 5) is 11.9. The first kappa shape index (κ1) is 42.4. The topological polar surface area (TPSA) is 55.8 Å². The Morgan fingerprint density at radius 2 is 0.744 bits per heavy atom. The highest BCUT2D eigenvalue weighted by atomic mass is 16.5. The van der Waals surface area contributed by atoms with Crippen molar-refractivity contribution in [2.75, 3.05) is 19.8 Å². The van der Waals surface area contributed by atoms with Crippen LogP contribution in [0.5, 0.6) is 0 Å². The van der Waals surface area contributed by atoms with Crippen molar-refractivity contribution in [3.05, 3.63) is 0 Å². The van der Waals surface area contributed by atoms with Gasteiger partial charge in [-0.3, -0.25) is 4.79 Å². The van der Waals surface area contributed by atoms with Crippen LogP contribution in [0.3, 0.4) is 0 Å². The Morgan fingerprint density at radius 1 is 0.442 bits per heavy atom. The fourth-order valence-corrected chi connectivity index (χ4v) is 5.92. The van der Waals surface area contributed by atoms with Gasteiger partial charge >= 0.3 is 5.97 Å². The first-order valence-corrected chi connectivity index (χ1v) is 19.6. The normalized spacial score (nSPS) is 12.2. The molecule has 4 heteroatoms. The number of unbranched alkanes of at least 4 members (excludes halogenated alkanes) is 29. The molecule has 43 heavy (non-hydrogen) atoms. The number of aliphatic hydroxyl groups is 1. The highest BCUT2D eigenvalue weighted by molar-refractivity contribution is 5.69. The van der Waals surface area contributed by atoms with E-state index >= 15 is 0 Å². The molecule has 0 aliphatic carbocycles. The molecule has 0 fully saturated rings. The van der Waals surface area contributed by atoms with Crippen LogP contribution in [0.15, 0.2) is 0 Å². The van der Waals surface area contributed by atoms with Gasteiger partial charge in [0.05, 0.1) is 6.61 Å². The second-order valence-corrected chi connectivity index (χ2v) is 13.4. The SMILES string of the molecule is CCCCCCCCCCCCCCCCCCCCOCC(O)COC(=O)CCCCCCCCCCCCCCC. The van der Waals surface area contributed by atoms with Crippen molar-refractivity contribution in [3.8, 4) is 0 Å². The summed E-state index contributed by atoms with van der Waals surface area (Å²) >= 11 is 0. The largest absolute Gasteiger partial charge is 0.463 e. The van der Waals surface area contributed by atoms with Crippen LogP contribution in [0.1, 0.15) is 219 Å².